The Labute approximate surface area is 172 Å². The number of carbonyl (C=O) groups is 2. The number of hydrogen-bond acceptors (Lipinski definition) is 3. The van der Waals surface area contributed by atoms with Crippen LogP contribution in [0.5, 0.6) is 0 Å². The van der Waals surface area contributed by atoms with Gasteiger partial charge in [0.25, 0.3) is 5.91 Å². The van der Waals surface area contributed by atoms with Crippen LogP contribution in [0.4, 0.5) is 14.5 Å². The maximum atomic E-state index is 13.7. The van der Waals surface area contributed by atoms with Gasteiger partial charge >= 0.3 is 0 Å². The maximum absolute atomic E-state index is 13.7. The third-order valence-electron chi connectivity index (χ3n) is 5.31. The molecular weight excluding hydrogens is 394 g/mol. The van der Waals surface area contributed by atoms with Crippen molar-refractivity contribution >= 4 is 29.3 Å². The number of hydrogen-bond donors (Lipinski definition) is 0. The monoisotopic (exact) mass is 416 g/mol. The van der Waals surface area contributed by atoms with Crippen LogP contribution in [0, 0.1) is 17.6 Å². The molecular formula is C22H22F2N2O2S. The van der Waals surface area contributed by atoms with Gasteiger partial charge in [-0.1, -0.05) is 38.1 Å². The summed E-state index contributed by atoms with van der Waals surface area (Å²) in [7, 11) is 0. The third kappa shape index (κ3) is 3.21. The van der Waals surface area contributed by atoms with Crippen molar-refractivity contribution in [1.29, 1.82) is 0 Å². The average Bonchev–Trinajstić information content (AvgIpc) is 3.22. The highest BCUT2D eigenvalue weighted by Crippen LogP contribution is 2.54. The van der Waals surface area contributed by atoms with Crippen LogP contribution in [0.15, 0.2) is 42.5 Å². The van der Waals surface area contributed by atoms with Gasteiger partial charge in [0.1, 0.15) is 0 Å². The number of halogens is 2. The van der Waals surface area contributed by atoms with Gasteiger partial charge in [-0.3, -0.25) is 9.59 Å². The van der Waals surface area contributed by atoms with Crippen LogP contribution in [0.1, 0.15) is 31.4 Å². The van der Waals surface area contributed by atoms with Crippen molar-refractivity contribution in [2.45, 2.75) is 31.7 Å². The van der Waals surface area contributed by atoms with Crippen molar-refractivity contribution < 1.29 is 18.4 Å². The number of benzene rings is 2. The van der Waals surface area contributed by atoms with Gasteiger partial charge in [-0.25, -0.2) is 8.78 Å². The van der Waals surface area contributed by atoms with Crippen LogP contribution >= 0.6 is 11.8 Å². The van der Waals surface area contributed by atoms with E-state index in [1.807, 2.05) is 38.1 Å². The largest absolute Gasteiger partial charge is 0.315 e. The first kappa shape index (κ1) is 19.9. The fourth-order valence-corrected chi connectivity index (χ4v) is 5.54. The molecule has 4 nitrogen and oxygen atoms in total. The molecule has 1 unspecified atom stereocenters. The Morgan fingerprint density at radius 2 is 1.93 bits per heavy atom. The van der Waals surface area contributed by atoms with Gasteiger partial charge in [0.2, 0.25) is 5.91 Å². The molecule has 1 atom stereocenters. The summed E-state index contributed by atoms with van der Waals surface area (Å²) in [4.78, 5) is 28.9. The van der Waals surface area contributed by atoms with Crippen molar-refractivity contribution in [3.63, 3.8) is 0 Å². The summed E-state index contributed by atoms with van der Waals surface area (Å²) in [5.41, 5.74) is 1.98. The molecule has 4 rings (SSSR count). The summed E-state index contributed by atoms with van der Waals surface area (Å²) in [5, 5.41) is 0. The molecule has 2 aliphatic rings. The molecule has 7 heteroatoms. The predicted octanol–water partition coefficient (Wildman–Crippen LogP) is 4.29. The van der Waals surface area contributed by atoms with Gasteiger partial charge < -0.3 is 9.80 Å². The molecule has 29 heavy (non-hydrogen) atoms. The summed E-state index contributed by atoms with van der Waals surface area (Å²) in [6, 6.07) is 11.1. The van der Waals surface area contributed by atoms with Crippen LogP contribution < -0.4 is 4.90 Å². The molecule has 0 saturated carbocycles. The molecule has 2 aromatic carbocycles. The van der Waals surface area contributed by atoms with E-state index in [0.717, 1.165) is 17.7 Å². The molecule has 1 spiro atoms. The lowest BCUT2D eigenvalue weighted by atomic mass is 10.0. The zero-order chi connectivity index (χ0) is 20.8. The van der Waals surface area contributed by atoms with Crippen LogP contribution in [0.3, 0.4) is 0 Å². The minimum Gasteiger partial charge on any atom is -0.315 e. The van der Waals surface area contributed by atoms with E-state index in [1.54, 1.807) is 9.80 Å². The SMILES string of the molecule is CC(C)CC(=O)N1CCSC12C(=O)N(Cc1ccc(F)c(F)c1)c1ccccc12. The average molecular weight is 416 g/mol. The van der Waals surface area contributed by atoms with E-state index in [9.17, 15) is 18.4 Å². The molecule has 1 fully saturated rings. The van der Waals surface area contributed by atoms with Gasteiger partial charge in [0.15, 0.2) is 16.5 Å². The van der Waals surface area contributed by atoms with Gasteiger partial charge in [-0.15, -0.1) is 11.8 Å². The number of para-hydroxylation sites is 1. The van der Waals surface area contributed by atoms with E-state index >= 15 is 0 Å². The number of rotatable bonds is 4. The molecule has 0 bridgehead atoms. The highest BCUT2D eigenvalue weighted by atomic mass is 32.2. The van der Waals surface area contributed by atoms with Crippen LogP contribution in [0.25, 0.3) is 0 Å². The Balaban J connectivity index is 1.74. The first-order valence-electron chi connectivity index (χ1n) is 9.64. The second-order valence-electron chi connectivity index (χ2n) is 7.79. The van der Waals surface area contributed by atoms with E-state index < -0.39 is 16.5 Å². The predicted molar refractivity (Wildman–Crippen MR) is 109 cm³/mol. The first-order chi connectivity index (χ1) is 13.8. The molecule has 0 radical (unpaired) electrons. The van der Waals surface area contributed by atoms with Gasteiger partial charge in [-0.05, 0) is 29.7 Å². The Kier molecular flexibility index (Phi) is 5.11. The second-order valence-corrected chi connectivity index (χ2v) is 9.08. The first-order valence-corrected chi connectivity index (χ1v) is 10.6. The molecule has 0 aliphatic carbocycles. The van der Waals surface area contributed by atoms with Crippen molar-refractivity contribution in [3.8, 4) is 0 Å². The van der Waals surface area contributed by atoms with E-state index in [4.69, 9.17) is 0 Å². The highest BCUT2D eigenvalue weighted by Gasteiger charge is 2.59. The molecule has 2 heterocycles. The number of anilines is 1. The highest BCUT2D eigenvalue weighted by molar-refractivity contribution is 8.01. The van der Waals surface area contributed by atoms with Crippen molar-refractivity contribution in [2.24, 2.45) is 5.92 Å². The number of nitrogens with zero attached hydrogens (tertiary/aromatic N) is 2. The molecule has 2 aliphatic heterocycles. The molecule has 152 valence electrons. The van der Waals surface area contributed by atoms with Crippen LogP contribution in [0.2, 0.25) is 0 Å². The quantitative estimate of drug-likeness (QED) is 0.747. The van der Waals surface area contributed by atoms with E-state index in [1.165, 1.54) is 17.8 Å². The van der Waals surface area contributed by atoms with Crippen LogP contribution in [-0.4, -0.2) is 29.0 Å². The Hall–Kier alpha value is -2.41. The summed E-state index contributed by atoms with van der Waals surface area (Å²) in [6.07, 6.45) is 0.376. The lowest BCUT2D eigenvalue weighted by Gasteiger charge is -2.33. The van der Waals surface area contributed by atoms with Crippen LogP contribution in [-0.2, 0) is 21.0 Å². The number of thioether (sulfide) groups is 1. The lowest BCUT2D eigenvalue weighted by molar-refractivity contribution is -0.140. The Bertz CT molecular complexity index is 981. The smallest absolute Gasteiger partial charge is 0.268 e. The molecule has 0 aromatic heterocycles. The molecule has 1 saturated heterocycles. The second kappa shape index (κ2) is 7.44. The number of fused-ring (bicyclic) bond motifs is 2. The van der Waals surface area contributed by atoms with Crippen molar-refractivity contribution in [3.05, 3.63) is 65.2 Å². The summed E-state index contributed by atoms with van der Waals surface area (Å²) in [5.74, 6) is -1.25. The summed E-state index contributed by atoms with van der Waals surface area (Å²) >= 11 is 1.47. The van der Waals surface area contributed by atoms with E-state index in [0.29, 0.717) is 30.0 Å². The Morgan fingerprint density at radius 1 is 1.17 bits per heavy atom. The molecule has 2 amide bonds. The van der Waals surface area contributed by atoms with Gasteiger partial charge in [0, 0.05) is 24.3 Å². The molecule has 0 N–H and O–H groups in total. The van der Waals surface area contributed by atoms with Gasteiger partial charge in [0.05, 0.1) is 12.2 Å². The zero-order valence-electron chi connectivity index (χ0n) is 16.3. The standard InChI is InChI=1S/C22H22F2N2O2S/c1-14(2)11-20(27)26-9-10-29-22(26)16-5-3-4-6-19(16)25(21(22)28)13-15-7-8-17(23)18(24)12-15/h3-8,12,14H,9-11,13H2,1-2H3. The number of amides is 2. The van der Waals surface area contributed by atoms with Crippen molar-refractivity contribution in [1.82, 2.24) is 4.90 Å². The number of carbonyl (C=O) groups excluding carboxylic acids is 2. The third-order valence-corrected chi connectivity index (χ3v) is 6.73. The minimum absolute atomic E-state index is 0.0390. The zero-order valence-corrected chi connectivity index (χ0v) is 17.1. The normalized spacial score (nSPS) is 20.8. The fourth-order valence-electron chi connectivity index (χ4n) is 4.06. The lowest BCUT2D eigenvalue weighted by Crippen LogP contribution is -2.50. The summed E-state index contributed by atoms with van der Waals surface area (Å²) in [6.45, 7) is 4.58. The maximum Gasteiger partial charge on any atom is 0.268 e. The minimum atomic E-state index is -1.08. The Morgan fingerprint density at radius 3 is 2.66 bits per heavy atom. The summed E-state index contributed by atoms with van der Waals surface area (Å²) < 4.78 is 27.0. The fraction of sp³-hybridized carbons (Fsp3) is 0.364. The van der Waals surface area contributed by atoms with Gasteiger partial charge in [-0.2, -0.15) is 0 Å². The van der Waals surface area contributed by atoms with E-state index in [-0.39, 0.29) is 24.3 Å². The molecule has 2 aromatic rings. The van der Waals surface area contributed by atoms with E-state index in [2.05, 4.69) is 0 Å². The van der Waals surface area contributed by atoms with Crippen molar-refractivity contribution in [2.75, 3.05) is 17.2 Å². The topological polar surface area (TPSA) is 40.6 Å².